The summed E-state index contributed by atoms with van der Waals surface area (Å²) in [5, 5.41) is 0. The molecule has 0 radical (unpaired) electrons. The monoisotopic (exact) mass is 424 g/mol. The summed E-state index contributed by atoms with van der Waals surface area (Å²) in [7, 11) is 2.00. The van der Waals surface area contributed by atoms with Crippen molar-refractivity contribution in [3.8, 4) is 11.4 Å². The summed E-state index contributed by atoms with van der Waals surface area (Å²) in [6, 6.07) is 0. The summed E-state index contributed by atoms with van der Waals surface area (Å²) in [5.74, 6) is 1.89. The molecule has 8 heteroatoms. The molecule has 0 saturated carbocycles. The van der Waals surface area contributed by atoms with Gasteiger partial charge < -0.3 is 14.4 Å². The first-order valence-corrected chi connectivity index (χ1v) is 11.3. The second kappa shape index (κ2) is 9.16. The molecule has 4 heterocycles. The van der Waals surface area contributed by atoms with E-state index < -0.39 is 0 Å². The van der Waals surface area contributed by atoms with Gasteiger partial charge in [-0.2, -0.15) is 0 Å². The Balaban J connectivity index is 1.34. The van der Waals surface area contributed by atoms with Crippen molar-refractivity contribution in [3.63, 3.8) is 0 Å². The fraction of sp³-hybridized carbons (Fsp3) is 0.609. The minimum atomic E-state index is 0.0619. The predicted molar refractivity (Wildman–Crippen MR) is 117 cm³/mol. The van der Waals surface area contributed by atoms with Gasteiger partial charge in [-0.25, -0.2) is 4.98 Å². The molecule has 0 atom stereocenters. The minimum absolute atomic E-state index is 0.0619. The van der Waals surface area contributed by atoms with Crippen molar-refractivity contribution >= 4 is 11.8 Å². The zero-order chi connectivity index (χ0) is 22.0. The fourth-order valence-electron chi connectivity index (χ4n) is 4.78. The van der Waals surface area contributed by atoms with E-state index in [0.29, 0.717) is 19.0 Å². The van der Waals surface area contributed by atoms with Crippen LogP contribution < -0.4 is 0 Å². The Bertz CT molecular complexity index is 939. The maximum Gasteiger partial charge on any atom is 0.225 e. The Labute approximate surface area is 183 Å². The average Bonchev–Trinajstić information content (AvgIpc) is 3.12. The predicted octanol–water partition coefficient (Wildman–Crippen LogP) is 2.23. The van der Waals surface area contributed by atoms with Gasteiger partial charge >= 0.3 is 0 Å². The molecule has 2 amide bonds. The van der Waals surface area contributed by atoms with Crippen LogP contribution >= 0.6 is 0 Å². The molecular formula is C23H32N6O2. The van der Waals surface area contributed by atoms with Gasteiger partial charge in [0, 0.05) is 58.5 Å². The fourth-order valence-corrected chi connectivity index (χ4v) is 4.78. The molecule has 4 rings (SSSR count). The standard InChI is InChI=1S/C23H32N6O2/c1-16-26-15-21(27(16)3)22-20(24-8-9-25-22)14-18-4-10-29(11-5-18)23(31)19-6-12-28(13-7-19)17(2)30/h8-9,15,18-19H,4-7,10-14H2,1-3H3. The maximum atomic E-state index is 13.0. The van der Waals surface area contributed by atoms with E-state index in [0.717, 1.165) is 68.1 Å². The quantitative estimate of drug-likeness (QED) is 0.751. The van der Waals surface area contributed by atoms with Crippen LogP contribution in [0, 0.1) is 18.8 Å². The highest BCUT2D eigenvalue weighted by Crippen LogP contribution is 2.28. The molecule has 0 N–H and O–H groups in total. The van der Waals surface area contributed by atoms with Crippen LogP contribution in [0.1, 0.15) is 44.1 Å². The number of carbonyl (C=O) groups is 2. The van der Waals surface area contributed by atoms with Crippen molar-refractivity contribution < 1.29 is 9.59 Å². The van der Waals surface area contributed by atoms with Gasteiger partial charge in [0.25, 0.3) is 0 Å². The normalized spacial score (nSPS) is 18.4. The van der Waals surface area contributed by atoms with Gasteiger partial charge in [0.2, 0.25) is 11.8 Å². The summed E-state index contributed by atoms with van der Waals surface area (Å²) in [5.41, 5.74) is 2.90. The number of hydrogen-bond donors (Lipinski definition) is 0. The van der Waals surface area contributed by atoms with E-state index in [4.69, 9.17) is 0 Å². The molecule has 0 aliphatic carbocycles. The highest BCUT2D eigenvalue weighted by Gasteiger charge is 2.31. The number of piperidine rings is 2. The van der Waals surface area contributed by atoms with Crippen molar-refractivity contribution in [2.45, 2.75) is 46.0 Å². The number of amides is 2. The third-order valence-electron chi connectivity index (χ3n) is 6.93. The first-order valence-electron chi connectivity index (χ1n) is 11.3. The number of likely N-dealkylation sites (tertiary alicyclic amines) is 2. The Morgan fingerprint density at radius 1 is 0.968 bits per heavy atom. The summed E-state index contributed by atoms with van der Waals surface area (Å²) >= 11 is 0. The molecule has 2 aromatic heterocycles. The maximum absolute atomic E-state index is 13.0. The third kappa shape index (κ3) is 4.62. The van der Waals surface area contributed by atoms with E-state index in [1.807, 2.05) is 34.5 Å². The van der Waals surface area contributed by atoms with E-state index in [2.05, 4.69) is 15.0 Å². The molecule has 8 nitrogen and oxygen atoms in total. The molecular weight excluding hydrogens is 392 g/mol. The Morgan fingerprint density at radius 3 is 2.23 bits per heavy atom. The van der Waals surface area contributed by atoms with Gasteiger partial charge in [0.1, 0.15) is 11.5 Å². The van der Waals surface area contributed by atoms with E-state index in [1.165, 1.54) is 0 Å². The van der Waals surface area contributed by atoms with Crippen molar-refractivity contribution in [3.05, 3.63) is 30.1 Å². The number of rotatable bonds is 4. The molecule has 31 heavy (non-hydrogen) atoms. The largest absolute Gasteiger partial charge is 0.343 e. The van der Waals surface area contributed by atoms with Crippen LogP contribution in [-0.4, -0.2) is 67.3 Å². The zero-order valence-electron chi connectivity index (χ0n) is 18.8. The van der Waals surface area contributed by atoms with Crippen molar-refractivity contribution in [2.75, 3.05) is 26.2 Å². The first-order chi connectivity index (χ1) is 14.9. The number of imidazole rings is 1. The van der Waals surface area contributed by atoms with E-state index in [9.17, 15) is 9.59 Å². The molecule has 2 fully saturated rings. The van der Waals surface area contributed by atoms with Gasteiger partial charge in [0.15, 0.2) is 0 Å². The van der Waals surface area contributed by atoms with Gasteiger partial charge in [-0.05, 0) is 44.9 Å². The van der Waals surface area contributed by atoms with Crippen LogP contribution in [0.5, 0.6) is 0 Å². The zero-order valence-corrected chi connectivity index (χ0v) is 18.8. The van der Waals surface area contributed by atoms with Crippen LogP contribution in [0.3, 0.4) is 0 Å². The molecule has 0 spiro atoms. The molecule has 2 aromatic rings. The molecule has 0 aromatic carbocycles. The van der Waals surface area contributed by atoms with Crippen LogP contribution in [0.15, 0.2) is 18.6 Å². The van der Waals surface area contributed by atoms with Crippen molar-refractivity contribution in [2.24, 2.45) is 18.9 Å². The minimum Gasteiger partial charge on any atom is -0.343 e. The molecule has 166 valence electrons. The second-order valence-corrected chi connectivity index (χ2v) is 8.85. The highest BCUT2D eigenvalue weighted by atomic mass is 16.2. The number of aromatic nitrogens is 4. The summed E-state index contributed by atoms with van der Waals surface area (Å²) < 4.78 is 2.05. The van der Waals surface area contributed by atoms with E-state index in [1.54, 1.807) is 19.3 Å². The number of carbonyl (C=O) groups excluding carboxylic acids is 2. The average molecular weight is 425 g/mol. The third-order valence-corrected chi connectivity index (χ3v) is 6.93. The van der Waals surface area contributed by atoms with Crippen LogP contribution in [-0.2, 0) is 23.1 Å². The van der Waals surface area contributed by atoms with Crippen LogP contribution in [0.25, 0.3) is 11.4 Å². The van der Waals surface area contributed by atoms with Gasteiger partial charge in [-0.1, -0.05) is 0 Å². The lowest BCUT2D eigenvalue weighted by molar-refractivity contribution is -0.141. The summed E-state index contributed by atoms with van der Waals surface area (Å²) in [6.07, 6.45) is 9.76. The van der Waals surface area contributed by atoms with Gasteiger partial charge in [-0.15, -0.1) is 0 Å². The lowest BCUT2D eigenvalue weighted by Gasteiger charge is -2.37. The molecule has 2 aliphatic heterocycles. The van der Waals surface area contributed by atoms with Gasteiger partial charge in [-0.3, -0.25) is 19.6 Å². The Kier molecular flexibility index (Phi) is 6.34. The lowest BCUT2D eigenvalue weighted by atomic mass is 9.89. The first kappa shape index (κ1) is 21.5. The number of nitrogens with zero attached hydrogens (tertiary/aromatic N) is 6. The number of hydrogen-bond acceptors (Lipinski definition) is 5. The SMILES string of the molecule is CC(=O)N1CCC(C(=O)N2CCC(Cc3nccnc3-c3cnc(C)n3C)CC2)CC1. The van der Waals surface area contributed by atoms with Gasteiger partial charge in [0.05, 0.1) is 17.6 Å². The van der Waals surface area contributed by atoms with E-state index >= 15 is 0 Å². The lowest BCUT2D eigenvalue weighted by Crippen LogP contribution is -2.46. The molecule has 2 aliphatic rings. The second-order valence-electron chi connectivity index (χ2n) is 8.85. The summed E-state index contributed by atoms with van der Waals surface area (Å²) in [6.45, 7) is 6.59. The van der Waals surface area contributed by atoms with Crippen LogP contribution in [0.2, 0.25) is 0 Å². The highest BCUT2D eigenvalue weighted by molar-refractivity contribution is 5.79. The Morgan fingerprint density at radius 2 is 1.61 bits per heavy atom. The summed E-state index contributed by atoms with van der Waals surface area (Å²) in [4.78, 5) is 42.0. The van der Waals surface area contributed by atoms with Crippen molar-refractivity contribution in [1.82, 2.24) is 29.3 Å². The Hall–Kier alpha value is -2.77. The van der Waals surface area contributed by atoms with Crippen molar-refractivity contribution in [1.29, 1.82) is 0 Å². The molecule has 0 unspecified atom stereocenters. The molecule has 0 bridgehead atoms. The van der Waals surface area contributed by atoms with E-state index in [-0.39, 0.29) is 17.7 Å². The molecule has 2 saturated heterocycles. The smallest absolute Gasteiger partial charge is 0.225 e. The number of aryl methyl sites for hydroxylation is 1. The topological polar surface area (TPSA) is 84.2 Å². The van der Waals surface area contributed by atoms with Crippen LogP contribution in [0.4, 0.5) is 0 Å².